The van der Waals surface area contributed by atoms with E-state index in [0.29, 0.717) is 0 Å². The highest BCUT2D eigenvalue weighted by molar-refractivity contribution is 5.49. The summed E-state index contributed by atoms with van der Waals surface area (Å²) in [6.07, 6.45) is 13.2. The summed E-state index contributed by atoms with van der Waals surface area (Å²) in [7, 11) is 0. The monoisotopic (exact) mass is 228 g/mol. The van der Waals surface area contributed by atoms with Crippen LogP contribution in [0.4, 0.5) is 0 Å². The first-order chi connectivity index (χ1) is 8.40. The molecule has 2 rings (SSSR count). The highest BCUT2D eigenvalue weighted by atomic mass is 14.4. The second kappa shape index (κ2) is 6.64. The molecule has 0 unspecified atom stereocenters. The molecular weight excluding hydrogens is 204 g/mol. The molecule has 0 radical (unpaired) electrons. The second-order valence-corrected chi connectivity index (χ2v) is 5.28. The smallest absolute Gasteiger partial charge is 0.0199 e. The van der Waals surface area contributed by atoms with Crippen molar-refractivity contribution in [2.24, 2.45) is 11.8 Å². The number of hydrogen-bond acceptors (Lipinski definition) is 0. The number of hydrogen-bond donors (Lipinski definition) is 0. The van der Waals surface area contributed by atoms with E-state index in [0.717, 1.165) is 11.8 Å². The third kappa shape index (κ3) is 4.38. The highest BCUT2D eigenvalue weighted by Crippen LogP contribution is 2.43. The summed E-state index contributed by atoms with van der Waals surface area (Å²) < 4.78 is 0. The number of unbranched alkanes of at least 4 members (excludes halogenated alkanes) is 3. The topological polar surface area (TPSA) is 0 Å². The third-order valence-corrected chi connectivity index (χ3v) is 3.74. The Morgan fingerprint density at radius 2 is 1.94 bits per heavy atom. The molecule has 92 valence electrons. The van der Waals surface area contributed by atoms with Crippen LogP contribution in [0.25, 0.3) is 6.08 Å². The van der Waals surface area contributed by atoms with Crippen LogP contribution in [0, 0.1) is 11.8 Å². The van der Waals surface area contributed by atoms with Crippen LogP contribution in [0.2, 0.25) is 0 Å². The Morgan fingerprint density at radius 3 is 2.71 bits per heavy atom. The fourth-order valence-electron chi connectivity index (χ4n) is 2.47. The quantitative estimate of drug-likeness (QED) is 0.555. The molecule has 0 N–H and O–H groups in total. The van der Waals surface area contributed by atoms with Gasteiger partial charge >= 0.3 is 0 Å². The van der Waals surface area contributed by atoms with E-state index < -0.39 is 0 Å². The van der Waals surface area contributed by atoms with Gasteiger partial charge in [0.1, 0.15) is 0 Å². The maximum Gasteiger partial charge on any atom is -0.0199 e. The Bertz CT molecular complexity index is 336. The maximum absolute atomic E-state index is 2.42. The molecule has 0 heterocycles. The zero-order valence-electron chi connectivity index (χ0n) is 10.9. The van der Waals surface area contributed by atoms with Gasteiger partial charge in [0.15, 0.2) is 0 Å². The van der Waals surface area contributed by atoms with E-state index in [-0.39, 0.29) is 0 Å². The summed E-state index contributed by atoms with van der Waals surface area (Å²) in [5.74, 6) is 1.86. The first-order valence-corrected chi connectivity index (χ1v) is 7.13. The zero-order valence-corrected chi connectivity index (χ0v) is 10.9. The van der Waals surface area contributed by atoms with Crippen molar-refractivity contribution >= 4 is 6.08 Å². The molecule has 1 fully saturated rings. The zero-order chi connectivity index (χ0) is 11.9. The molecule has 2 atom stereocenters. The predicted octanol–water partition coefficient (Wildman–Crippen LogP) is 5.31. The molecule has 1 aromatic carbocycles. The van der Waals surface area contributed by atoms with E-state index >= 15 is 0 Å². The van der Waals surface area contributed by atoms with Crippen LogP contribution in [0.5, 0.6) is 0 Å². The fraction of sp³-hybridized carbons (Fsp3) is 0.529. The molecule has 0 heteroatoms. The van der Waals surface area contributed by atoms with E-state index in [4.69, 9.17) is 0 Å². The van der Waals surface area contributed by atoms with Crippen molar-refractivity contribution in [3.05, 3.63) is 42.0 Å². The number of benzene rings is 1. The molecule has 17 heavy (non-hydrogen) atoms. The van der Waals surface area contributed by atoms with Gasteiger partial charge in [-0.2, -0.15) is 0 Å². The Kier molecular flexibility index (Phi) is 4.85. The normalized spacial score (nSPS) is 23.1. The summed E-state index contributed by atoms with van der Waals surface area (Å²) in [5, 5.41) is 0. The first-order valence-electron chi connectivity index (χ1n) is 7.13. The van der Waals surface area contributed by atoms with Gasteiger partial charge < -0.3 is 0 Å². The first kappa shape index (κ1) is 12.4. The Hall–Kier alpha value is -1.04. The van der Waals surface area contributed by atoms with Crippen LogP contribution in [0.3, 0.4) is 0 Å². The third-order valence-electron chi connectivity index (χ3n) is 3.74. The van der Waals surface area contributed by atoms with Crippen molar-refractivity contribution in [3.8, 4) is 0 Å². The summed E-state index contributed by atoms with van der Waals surface area (Å²) in [4.78, 5) is 0. The highest BCUT2D eigenvalue weighted by Gasteiger charge is 2.33. The molecule has 0 spiro atoms. The predicted molar refractivity (Wildman–Crippen MR) is 75.8 cm³/mol. The molecule has 0 aromatic heterocycles. The van der Waals surface area contributed by atoms with Crippen LogP contribution in [-0.2, 0) is 0 Å². The molecule has 0 saturated heterocycles. The van der Waals surface area contributed by atoms with Gasteiger partial charge in [-0.25, -0.2) is 0 Å². The van der Waals surface area contributed by atoms with Gasteiger partial charge in [-0.15, -0.1) is 0 Å². The molecular formula is C17H24. The van der Waals surface area contributed by atoms with Gasteiger partial charge in [0.25, 0.3) is 0 Å². The lowest BCUT2D eigenvalue weighted by atomic mass is 10.1. The Balaban J connectivity index is 1.64. The fourth-order valence-corrected chi connectivity index (χ4v) is 2.47. The molecule has 1 aliphatic rings. The van der Waals surface area contributed by atoms with Gasteiger partial charge in [0.05, 0.1) is 0 Å². The minimum Gasteiger partial charge on any atom is -0.0805 e. The van der Waals surface area contributed by atoms with E-state index in [1.165, 1.54) is 44.1 Å². The van der Waals surface area contributed by atoms with Crippen molar-refractivity contribution < 1.29 is 0 Å². The van der Waals surface area contributed by atoms with Crippen molar-refractivity contribution in [2.45, 2.75) is 45.4 Å². The molecule has 1 aliphatic carbocycles. The standard InChI is InChI=1S/C17H24/c1-2-3-4-8-11-16-14-17(16)13-12-15-9-6-5-7-10-15/h5-7,9-10,12-13,16-17H,2-4,8,11,14H2,1H3/b13-12+/t16-,17-/m1/s1. The molecule has 0 nitrogen and oxygen atoms in total. The van der Waals surface area contributed by atoms with E-state index in [9.17, 15) is 0 Å². The average molecular weight is 228 g/mol. The van der Waals surface area contributed by atoms with E-state index in [1.54, 1.807) is 0 Å². The van der Waals surface area contributed by atoms with Crippen LogP contribution in [0.1, 0.15) is 51.0 Å². The minimum atomic E-state index is 0.872. The van der Waals surface area contributed by atoms with Crippen molar-refractivity contribution in [3.63, 3.8) is 0 Å². The van der Waals surface area contributed by atoms with E-state index in [1.807, 2.05) is 0 Å². The van der Waals surface area contributed by atoms with Crippen LogP contribution >= 0.6 is 0 Å². The molecule has 0 aliphatic heterocycles. The number of allylic oxidation sites excluding steroid dienone is 1. The summed E-state index contributed by atoms with van der Waals surface area (Å²) in [5.41, 5.74) is 1.34. The SMILES string of the molecule is CCCCCC[C@@H]1C[C@H]1/C=C/c1ccccc1. The summed E-state index contributed by atoms with van der Waals surface area (Å²) in [6, 6.07) is 10.6. The van der Waals surface area contributed by atoms with E-state index in [2.05, 4.69) is 49.4 Å². The van der Waals surface area contributed by atoms with Crippen LogP contribution in [0.15, 0.2) is 36.4 Å². The lowest BCUT2D eigenvalue weighted by molar-refractivity contribution is 0.585. The maximum atomic E-state index is 2.42. The van der Waals surface area contributed by atoms with Crippen LogP contribution < -0.4 is 0 Å². The lowest BCUT2D eigenvalue weighted by Crippen LogP contribution is -1.82. The van der Waals surface area contributed by atoms with Crippen molar-refractivity contribution in [1.82, 2.24) is 0 Å². The molecule has 1 aromatic rings. The van der Waals surface area contributed by atoms with Gasteiger partial charge in [-0.05, 0) is 30.2 Å². The Morgan fingerprint density at radius 1 is 1.12 bits per heavy atom. The van der Waals surface area contributed by atoms with Crippen molar-refractivity contribution in [2.75, 3.05) is 0 Å². The average Bonchev–Trinajstić information content (AvgIpc) is 3.12. The Labute approximate surface area is 106 Å². The van der Waals surface area contributed by atoms with Gasteiger partial charge in [-0.3, -0.25) is 0 Å². The number of rotatable bonds is 7. The molecule has 0 amide bonds. The summed E-state index contributed by atoms with van der Waals surface area (Å²) >= 11 is 0. The summed E-state index contributed by atoms with van der Waals surface area (Å²) in [6.45, 7) is 2.28. The molecule has 0 bridgehead atoms. The second-order valence-electron chi connectivity index (χ2n) is 5.28. The van der Waals surface area contributed by atoms with Gasteiger partial charge in [0.2, 0.25) is 0 Å². The lowest BCUT2D eigenvalue weighted by Gasteiger charge is -1.97. The largest absolute Gasteiger partial charge is 0.0805 e. The minimum absolute atomic E-state index is 0.872. The molecule has 1 saturated carbocycles. The van der Waals surface area contributed by atoms with Gasteiger partial charge in [0, 0.05) is 0 Å². The van der Waals surface area contributed by atoms with Crippen molar-refractivity contribution in [1.29, 1.82) is 0 Å². The van der Waals surface area contributed by atoms with Gasteiger partial charge in [-0.1, -0.05) is 75.1 Å². The van der Waals surface area contributed by atoms with Crippen LogP contribution in [-0.4, -0.2) is 0 Å².